The summed E-state index contributed by atoms with van der Waals surface area (Å²) in [7, 11) is 0. The second kappa shape index (κ2) is 8.07. The Hall–Kier alpha value is -3.32. The molecule has 0 saturated carbocycles. The molecule has 0 aliphatic rings. The predicted molar refractivity (Wildman–Crippen MR) is 130 cm³/mol. The van der Waals surface area contributed by atoms with Crippen molar-refractivity contribution in [3.8, 4) is 5.75 Å². The van der Waals surface area contributed by atoms with Gasteiger partial charge in [0.2, 0.25) is 0 Å². The van der Waals surface area contributed by atoms with Crippen LogP contribution < -0.4 is 0 Å². The minimum absolute atomic E-state index is 0.180. The van der Waals surface area contributed by atoms with Gasteiger partial charge in [-0.1, -0.05) is 129 Å². The van der Waals surface area contributed by atoms with E-state index in [9.17, 15) is 5.11 Å². The summed E-state index contributed by atoms with van der Waals surface area (Å²) < 4.78 is 0. The van der Waals surface area contributed by atoms with Gasteiger partial charge in [0.05, 0.1) is 5.41 Å². The highest BCUT2D eigenvalue weighted by atomic mass is 16.3. The molecule has 0 unspecified atom stereocenters. The van der Waals surface area contributed by atoms with E-state index in [2.05, 4.69) is 113 Å². The Balaban J connectivity index is 2.21. The number of aryl methyl sites for hydroxylation is 1. The van der Waals surface area contributed by atoms with Crippen LogP contribution in [0.5, 0.6) is 5.75 Å². The molecule has 1 nitrogen and oxygen atoms in total. The van der Waals surface area contributed by atoms with Crippen LogP contribution in [0.25, 0.3) is 0 Å². The van der Waals surface area contributed by atoms with Crippen LogP contribution >= 0.6 is 0 Å². The summed E-state index contributed by atoms with van der Waals surface area (Å²) in [5, 5.41) is 11.8. The summed E-state index contributed by atoms with van der Waals surface area (Å²) in [4.78, 5) is 0. The molecule has 0 aromatic heterocycles. The molecule has 0 aliphatic heterocycles. The summed E-state index contributed by atoms with van der Waals surface area (Å²) in [6.07, 6.45) is 0. The van der Waals surface area contributed by atoms with Crippen molar-refractivity contribution in [3.05, 3.63) is 137 Å². The van der Waals surface area contributed by atoms with Crippen molar-refractivity contribution in [1.29, 1.82) is 0 Å². The molecule has 0 spiro atoms. The molecule has 1 N–H and O–H groups in total. The zero-order valence-corrected chi connectivity index (χ0v) is 18.8. The van der Waals surface area contributed by atoms with Crippen LogP contribution in [0, 0.1) is 6.92 Å². The van der Waals surface area contributed by atoms with Crippen LogP contribution in [0.15, 0.2) is 103 Å². The van der Waals surface area contributed by atoms with Crippen molar-refractivity contribution in [2.75, 3.05) is 0 Å². The average molecular weight is 407 g/mol. The second-order valence-electron chi connectivity index (χ2n) is 9.31. The van der Waals surface area contributed by atoms with E-state index in [0.717, 1.165) is 33.4 Å². The highest BCUT2D eigenvalue weighted by Crippen LogP contribution is 2.50. The van der Waals surface area contributed by atoms with Crippen molar-refractivity contribution < 1.29 is 5.11 Å². The Morgan fingerprint density at radius 2 is 0.903 bits per heavy atom. The zero-order valence-electron chi connectivity index (χ0n) is 18.8. The van der Waals surface area contributed by atoms with Gasteiger partial charge in [-0.25, -0.2) is 0 Å². The molecule has 4 rings (SSSR count). The molecular formula is C30H30O. The van der Waals surface area contributed by atoms with Crippen LogP contribution in [-0.2, 0) is 10.8 Å². The number of aromatic hydroxyl groups is 1. The SMILES string of the molecule is Cc1cc(C(C)(C)C)c(O)c(C(c2ccccc2)(c2ccccc2)c2ccccc2)c1. The van der Waals surface area contributed by atoms with Gasteiger partial charge in [0, 0.05) is 5.56 Å². The highest BCUT2D eigenvalue weighted by molar-refractivity contribution is 5.65. The van der Waals surface area contributed by atoms with Gasteiger partial charge in [0.15, 0.2) is 0 Å². The molecule has 31 heavy (non-hydrogen) atoms. The van der Waals surface area contributed by atoms with Crippen molar-refractivity contribution >= 4 is 0 Å². The van der Waals surface area contributed by atoms with E-state index in [4.69, 9.17) is 0 Å². The number of phenolic OH excluding ortho intramolecular Hbond substituents is 1. The fourth-order valence-electron chi connectivity index (χ4n) is 4.67. The molecule has 4 aromatic carbocycles. The molecule has 0 bridgehead atoms. The molecule has 0 atom stereocenters. The Morgan fingerprint density at radius 3 is 1.26 bits per heavy atom. The van der Waals surface area contributed by atoms with Crippen molar-refractivity contribution in [2.24, 2.45) is 0 Å². The molecule has 0 heterocycles. The van der Waals surface area contributed by atoms with Crippen LogP contribution in [-0.4, -0.2) is 5.11 Å². The zero-order chi connectivity index (χ0) is 22.1. The summed E-state index contributed by atoms with van der Waals surface area (Å²) in [5.41, 5.74) is 5.61. The molecular weight excluding hydrogens is 376 g/mol. The molecule has 0 saturated heterocycles. The first-order valence-corrected chi connectivity index (χ1v) is 10.9. The smallest absolute Gasteiger partial charge is 0.124 e. The largest absolute Gasteiger partial charge is 0.507 e. The Kier molecular flexibility index (Phi) is 5.45. The predicted octanol–water partition coefficient (Wildman–Crippen LogP) is 7.38. The summed E-state index contributed by atoms with van der Waals surface area (Å²) in [6, 6.07) is 35.8. The summed E-state index contributed by atoms with van der Waals surface area (Å²) in [6.45, 7) is 8.57. The Labute approximate surface area is 186 Å². The molecule has 4 aromatic rings. The van der Waals surface area contributed by atoms with E-state index in [1.54, 1.807) is 0 Å². The van der Waals surface area contributed by atoms with E-state index >= 15 is 0 Å². The quantitative estimate of drug-likeness (QED) is 0.351. The number of phenols is 1. The maximum Gasteiger partial charge on any atom is 0.124 e. The fraction of sp³-hybridized carbons (Fsp3) is 0.200. The maximum atomic E-state index is 11.8. The van der Waals surface area contributed by atoms with Gasteiger partial charge in [0.1, 0.15) is 5.75 Å². The molecule has 0 aliphatic carbocycles. The minimum Gasteiger partial charge on any atom is -0.507 e. The maximum absolute atomic E-state index is 11.8. The first kappa shape index (κ1) is 20.9. The standard InChI is InChI=1S/C30H30O/c1-22-20-26(29(2,3)4)28(31)27(21-22)30(23-14-8-5-9-15-23,24-16-10-6-11-17-24)25-18-12-7-13-19-25/h5-21,31H,1-4H3. The van der Waals surface area contributed by atoms with Crippen LogP contribution in [0.1, 0.15) is 54.2 Å². The third kappa shape index (κ3) is 3.65. The molecule has 0 radical (unpaired) electrons. The van der Waals surface area contributed by atoms with E-state index in [0.29, 0.717) is 5.75 Å². The number of rotatable bonds is 4. The number of hydrogen-bond donors (Lipinski definition) is 1. The van der Waals surface area contributed by atoms with Crippen molar-refractivity contribution in [1.82, 2.24) is 0 Å². The van der Waals surface area contributed by atoms with E-state index in [1.165, 1.54) is 0 Å². The summed E-state index contributed by atoms with van der Waals surface area (Å²) >= 11 is 0. The first-order valence-electron chi connectivity index (χ1n) is 10.9. The van der Waals surface area contributed by atoms with E-state index in [1.807, 2.05) is 18.2 Å². The van der Waals surface area contributed by atoms with Gasteiger partial charge in [-0.05, 0) is 34.6 Å². The van der Waals surface area contributed by atoms with Gasteiger partial charge in [-0.15, -0.1) is 0 Å². The molecule has 0 fully saturated rings. The summed E-state index contributed by atoms with van der Waals surface area (Å²) in [5.74, 6) is 0.370. The third-order valence-corrected chi connectivity index (χ3v) is 6.09. The highest BCUT2D eigenvalue weighted by Gasteiger charge is 2.41. The first-order chi connectivity index (χ1) is 14.8. The molecule has 0 amide bonds. The third-order valence-electron chi connectivity index (χ3n) is 6.09. The molecule has 156 valence electrons. The lowest BCUT2D eigenvalue weighted by molar-refractivity contribution is 0.433. The average Bonchev–Trinajstić information content (AvgIpc) is 2.78. The lowest BCUT2D eigenvalue weighted by Crippen LogP contribution is -2.32. The van der Waals surface area contributed by atoms with E-state index in [-0.39, 0.29) is 5.41 Å². The Bertz CT molecular complexity index is 1060. The van der Waals surface area contributed by atoms with Gasteiger partial charge in [-0.2, -0.15) is 0 Å². The van der Waals surface area contributed by atoms with Crippen LogP contribution in [0.3, 0.4) is 0 Å². The Morgan fingerprint density at radius 1 is 0.548 bits per heavy atom. The molecule has 1 heteroatoms. The number of hydrogen-bond acceptors (Lipinski definition) is 1. The topological polar surface area (TPSA) is 20.2 Å². The van der Waals surface area contributed by atoms with Crippen LogP contribution in [0.4, 0.5) is 0 Å². The lowest BCUT2D eigenvalue weighted by Gasteiger charge is -2.38. The van der Waals surface area contributed by atoms with Crippen molar-refractivity contribution in [3.63, 3.8) is 0 Å². The normalized spacial score (nSPS) is 12.0. The van der Waals surface area contributed by atoms with E-state index < -0.39 is 5.41 Å². The van der Waals surface area contributed by atoms with Gasteiger partial charge >= 0.3 is 0 Å². The minimum atomic E-state index is -0.639. The van der Waals surface area contributed by atoms with Gasteiger partial charge < -0.3 is 5.11 Å². The van der Waals surface area contributed by atoms with Crippen molar-refractivity contribution in [2.45, 2.75) is 38.5 Å². The lowest BCUT2D eigenvalue weighted by atomic mass is 9.63. The monoisotopic (exact) mass is 406 g/mol. The van der Waals surface area contributed by atoms with Crippen LogP contribution in [0.2, 0.25) is 0 Å². The number of benzene rings is 4. The fourth-order valence-corrected chi connectivity index (χ4v) is 4.67. The second-order valence-corrected chi connectivity index (χ2v) is 9.31. The van der Waals surface area contributed by atoms with Gasteiger partial charge in [-0.3, -0.25) is 0 Å². The van der Waals surface area contributed by atoms with Gasteiger partial charge in [0.25, 0.3) is 0 Å².